The van der Waals surface area contributed by atoms with E-state index >= 15 is 0 Å². The van der Waals surface area contributed by atoms with Gasteiger partial charge in [-0.1, -0.05) is 18.2 Å². The van der Waals surface area contributed by atoms with Gasteiger partial charge in [-0.2, -0.15) is 0 Å². The van der Waals surface area contributed by atoms with E-state index in [-0.39, 0.29) is 5.97 Å². The van der Waals surface area contributed by atoms with E-state index in [0.717, 1.165) is 11.4 Å². The summed E-state index contributed by atoms with van der Waals surface area (Å²) in [5.41, 5.74) is 0.911. The second-order valence-corrected chi connectivity index (χ2v) is 3.44. The maximum absolute atomic E-state index is 10.9. The predicted octanol–water partition coefficient (Wildman–Crippen LogP) is 1.92. The average molecular weight is 219 g/mol. The number of esters is 1. The van der Waals surface area contributed by atoms with Crippen LogP contribution in [0.3, 0.4) is 0 Å². The summed E-state index contributed by atoms with van der Waals surface area (Å²) in [7, 11) is 0. The summed E-state index contributed by atoms with van der Waals surface area (Å²) in [6.45, 7) is 5.60. The van der Waals surface area contributed by atoms with Gasteiger partial charge in [-0.25, -0.2) is 0 Å². The first kappa shape index (κ1) is 10.5. The van der Waals surface area contributed by atoms with Crippen LogP contribution in [0.1, 0.15) is 6.92 Å². The van der Waals surface area contributed by atoms with Crippen molar-refractivity contribution in [1.29, 1.82) is 0 Å². The van der Waals surface area contributed by atoms with E-state index in [0.29, 0.717) is 6.54 Å². The van der Waals surface area contributed by atoms with Crippen LogP contribution < -0.4 is 9.64 Å². The van der Waals surface area contributed by atoms with Gasteiger partial charge in [0.25, 0.3) is 0 Å². The molecule has 2 rings (SSSR count). The van der Waals surface area contributed by atoms with Crippen LogP contribution in [-0.4, -0.2) is 18.9 Å². The molecule has 84 valence electrons. The third-order valence-corrected chi connectivity index (χ3v) is 2.25. The van der Waals surface area contributed by atoms with Crippen LogP contribution in [0.2, 0.25) is 0 Å². The molecule has 0 N–H and O–H groups in total. The smallest absolute Gasteiger partial charge is 0.330 e. The zero-order chi connectivity index (χ0) is 11.5. The molecule has 1 heterocycles. The quantitative estimate of drug-likeness (QED) is 0.575. The molecule has 0 saturated carbocycles. The Morgan fingerprint density at radius 2 is 2.38 bits per heavy atom. The normalized spacial score (nSPS) is 17.6. The second-order valence-electron chi connectivity index (χ2n) is 3.44. The fourth-order valence-corrected chi connectivity index (χ4v) is 1.63. The highest BCUT2D eigenvalue weighted by Crippen LogP contribution is 2.36. The van der Waals surface area contributed by atoms with Gasteiger partial charge >= 0.3 is 12.4 Å². The molecular weight excluding hydrogens is 206 g/mol. The third-order valence-electron chi connectivity index (χ3n) is 2.25. The van der Waals surface area contributed by atoms with Crippen LogP contribution in [0.15, 0.2) is 36.9 Å². The molecule has 4 nitrogen and oxygen atoms in total. The summed E-state index contributed by atoms with van der Waals surface area (Å²) in [6.07, 6.45) is 1.05. The lowest BCUT2D eigenvalue weighted by Gasteiger charge is -2.22. The van der Waals surface area contributed by atoms with Gasteiger partial charge < -0.3 is 9.47 Å². The molecular formula is C12H13NO3. The molecule has 0 aliphatic carbocycles. The number of hydrogen-bond acceptors (Lipinski definition) is 4. The minimum absolute atomic E-state index is 0.369. The summed E-state index contributed by atoms with van der Waals surface area (Å²) >= 11 is 0. The summed E-state index contributed by atoms with van der Waals surface area (Å²) < 4.78 is 10.6. The van der Waals surface area contributed by atoms with Crippen LogP contribution in [0, 0.1) is 0 Å². The molecule has 0 spiro atoms. The Balaban J connectivity index is 2.25. The summed E-state index contributed by atoms with van der Waals surface area (Å²) in [4.78, 5) is 12.8. The first-order valence-electron chi connectivity index (χ1n) is 5.03. The first-order chi connectivity index (χ1) is 7.72. The number of carbonyl (C=O) groups excluding carboxylic acids is 1. The largest absolute Gasteiger partial charge is 0.435 e. The first-order valence-corrected chi connectivity index (χ1v) is 5.03. The molecule has 1 aliphatic heterocycles. The van der Waals surface area contributed by atoms with Gasteiger partial charge in [0.2, 0.25) is 0 Å². The minimum atomic E-state index is -0.687. The molecule has 0 saturated heterocycles. The highest BCUT2D eigenvalue weighted by Gasteiger charge is 2.31. The van der Waals surface area contributed by atoms with E-state index in [1.807, 2.05) is 29.2 Å². The van der Waals surface area contributed by atoms with Crippen molar-refractivity contribution in [2.24, 2.45) is 0 Å². The lowest BCUT2D eigenvalue weighted by Crippen LogP contribution is -2.38. The van der Waals surface area contributed by atoms with Crippen molar-refractivity contribution in [1.82, 2.24) is 0 Å². The van der Waals surface area contributed by atoms with Crippen LogP contribution in [0.5, 0.6) is 5.75 Å². The molecule has 1 unspecified atom stereocenters. The summed E-state index contributed by atoms with van der Waals surface area (Å²) in [6, 6.07) is 7.55. The minimum Gasteiger partial charge on any atom is -0.435 e. The van der Waals surface area contributed by atoms with E-state index in [2.05, 4.69) is 6.58 Å². The fourth-order valence-electron chi connectivity index (χ4n) is 1.63. The molecule has 1 atom stereocenters. The van der Waals surface area contributed by atoms with Crippen molar-refractivity contribution in [2.75, 3.05) is 11.4 Å². The van der Waals surface area contributed by atoms with E-state index < -0.39 is 6.41 Å². The number of ether oxygens (including phenoxy) is 2. The van der Waals surface area contributed by atoms with Gasteiger partial charge in [0.1, 0.15) is 5.75 Å². The van der Waals surface area contributed by atoms with Gasteiger partial charge in [-0.3, -0.25) is 9.69 Å². The molecule has 0 radical (unpaired) electrons. The Morgan fingerprint density at radius 3 is 3.06 bits per heavy atom. The number of carbonyl (C=O) groups is 1. The van der Waals surface area contributed by atoms with Crippen molar-refractivity contribution in [3.05, 3.63) is 36.9 Å². The van der Waals surface area contributed by atoms with Crippen molar-refractivity contribution < 1.29 is 14.3 Å². The molecule has 0 amide bonds. The van der Waals surface area contributed by atoms with E-state index in [4.69, 9.17) is 9.47 Å². The summed E-state index contributed by atoms with van der Waals surface area (Å²) in [5.74, 6) is 0.350. The van der Waals surface area contributed by atoms with Crippen LogP contribution in [-0.2, 0) is 9.53 Å². The van der Waals surface area contributed by atoms with Crippen molar-refractivity contribution in [3.8, 4) is 5.75 Å². The number of fused-ring (bicyclic) bond motifs is 1. The Morgan fingerprint density at radius 1 is 1.62 bits per heavy atom. The molecule has 1 aromatic carbocycles. The number of rotatable bonds is 3. The molecule has 0 fully saturated rings. The number of hydrogen-bond donors (Lipinski definition) is 0. The maximum Gasteiger partial charge on any atom is 0.330 e. The Labute approximate surface area is 94.1 Å². The molecule has 4 heteroatoms. The van der Waals surface area contributed by atoms with Gasteiger partial charge in [0, 0.05) is 13.5 Å². The van der Waals surface area contributed by atoms with E-state index in [1.165, 1.54) is 6.92 Å². The summed E-state index contributed by atoms with van der Waals surface area (Å²) in [5, 5.41) is 0. The highest BCUT2D eigenvalue weighted by atomic mass is 16.7. The monoisotopic (exact) mass is 219 g/mol. The van der Waals surface area contributed by atoms with Crippen molar-refractivity contribution in [2.45, 2.75) is 13.3 Å². The maximum atomic E-state index is 10.9. The Hall–Kier alpha value is -1.97. The molecule has 1 aromatic rings. The van der Waals surface area contributed by atoms with Crippen molar-refractivity contribution >= 4 is 11.7 Å². The standard InChI is InChI=1S/C12H13NO3/c1-3-8-13-10-6-4-5-7-11(10)16-12(13)15-9(2)14/h3-7,12H,1,8H2,2H3. The lowest BCUT2D eigenvalue weighted by atomic mass is 10.3. The molecule has 0 aromatic heterocycles. The van der Waals surface area contributed by atoms with Gasteiger partial charge in [0.15, 0.2) is 0 Å². The Bertz CT molecular complexity index is 416. The number of nitrogens with zero attached hydrogens (tertiary/aromatic N) is 1. The fraction of sp³-hybridized carbons (Fsp3) is 0.250. The van der Waals surface area contributed by atoms with Gasteiger partial charge in [0.05, 0.1) is 5.69 Å². The van der Waals surface area contributed by atoms with Gasteiger partial charge in [-0.05, 0) is 12.1 Å². The van der Waals surface area contributed by atoms with Crippen LogP contribution in [0.4, 0.5) is 5.69 Å². The number of anilines is 1. The second kappa shape index (κ2) is 4.26. The predicted molar refractivity (Wildman–Crippen MR) is 60.2 cm³/mol. The number of benzene rings is 1. The van der Waals surface area contributed by atoms with Crippen LogP contribution >= 0.6 is 0 Å². The topological polar surface area (TPSA) is 38.8 Å². The molecule has 0 bridgehead atoms. The zero-order valence-electron chi connectivity index (χ0n) is 9.05. The van der Waals surface area contributed by atoms with E-state index in [9.17, 15) is 4.79 Å². The van der Waals surface area contributed by atoms with Crippen molar-refractivity contribution in [3.63, 3.8) is 0 Å². The highest BCUT2D eigenvalue weighted by molar-refractivity contribution is 5.68. The SMILES string of the molecule is C=CCN1c2ccccc2OC1OC(C)=O. The average Bonchev–Trinajstić information content (AvgIpc) is 2.57. The molecule has 16 heavy (non-hydrogen) atoms. The Kier molecular flexibility index (Phi) is 2.81. The molecule has 1 aliphatic rings. The zero-order valence-corrected chi connectivity index (χ0v) is 9.05. The number of para-hydroxylation sites is 2. The van der Waals surface area contributed by atoms with Gasteiger partial charge in [-0.15, -0.1) is 6.58 Å². The van der Waals surface area contributed by atoms with E-state index in [1.54, 1.807) is 6.08 Å². The lowest BCUT2D eigenvalue weighted by molar-refractivity contribution is -0.158. The van der Waals surface area contributed by atoms with Crippen LogP contribution in [0.25, 0.3) is 0 Å². The third kappa shape index (κ3) is 1.86.